The lowest BCUT2D eigenvalue weighted by Gasteiger charge is -2.09. The summed E-state index contributed by atoms with van der Waals surface area (Å²) in [6, 6.07) is 17.6. The Kier molecular flexibility index (Phi) is 3.00. The lowest BCUT2D eigenvalue weighted by molar-refractivity contribution is 0.327. The summed E-state index contributed by atoms with van der Waals surface area (Å²) >= 11 is 0. The first-order chi connectivity index (χ1) is 12.3. The van der Waals surface area contributed by atoms with E-state index < -0.39 is 0 Å². The number of ether oxygens (including phenoxy) is 1. The number of nitrogen functional groups attached to an aromatic ring is 1. The van der Waals surface area contributed by atoms with Crippen LogP contribution < -0.4 is 10.5 Å². The van der Waals surface area contributed by atoms with E-state index in [1.165, 1.54) is 0 Å². The molecule has 0 amide bonds. The summed E-state index contributed by atoms with van der Waals surface area (Å²) in [5.41, 5.74) is 9.54. The summed E-state index contributed by atoms with van der Waals surface area (Å²) in [4.78, 5) is 9.27. The van der Waals surface area contributed by atoms with Gasteiger partial charge < -0.3 is 14.9 Å². The van der Waals surface area contributed by atoms with Gasteiger partial charge in [-0.1, -0.05) is 42.5 Å². The van der Waals surface area contributed by atoms with Crippen molar-refractivity contribution in [2.45, 2.75) is 6.42 Å². The number of rotatable bonds is 1. The first-order valence-electron chi connectivity index (χ1n) is 8.18. The average Bonchev–Trinajstić information content (AvgIpc) is 2.92. The van der Waals surface area contributed by atoms with Crippen molar-refractivity contribution in [3.05, 3.63) is 60.2 Å². The normalized spacial score (nSPS) is 13.0. The van der Waals surface area contributed by atoms with E-state index in [2.05, 4.69) is 4.98 Å². The minimum atomic E-state index is 0.473. The number of nitrogens with zero attached hydrogens (tertiary/aromatic N) is 2. The molecule has 25 heavy (non-hydrogen) atoms. The molecule has 0 unspecified atom stereocenters. The first-order valence-corrected chi connectivity index (χ1v) is 8.18. The quantitative estimate of drug-likeness (QED) is 0.570. The average molecular weight is 329 g/mol. The van der Waals surface area contributed by atoms with Crippen LogP contribution in [0.2, 0.25) is 0 Å². The Labute approximate surface area is 144 Å². The fraction of sp³-hybridized carbons (Fsp3) is 0.100. The van der Waals surface area contributed by atoms with Crippen molar-refractivity contribution < 1.29 is 9.15 Å². The van der Waals surface area contributed by atoms with Crippen molar-refractivity contribution in [1.82, 2.24) is 9.97 Å². The molecule has 2 N–H and O–H groups in total. The minimum Gasteiger partial charge on any atom is -0.488 e. The standard InChI is InChI=1S/C20H15N3O2/c21-19-14-10-11-24-17-13-8-4-5-9-15(13)25-18(17)16(14)22-20(23-19)12-6-2-1-3-7-12/h1-9H,10-11H2,(H2,21,22,23). The Balaban J connectivity index is 1.80. The zero-order valence-corrected chi connectivity index (χ0v) is 13.4. The van der Waals surface area contributed by atoms with Crippen molar-refractivity contribution in [2.24, 2.45) is 0 Å². The number of anilines is 1. The Morgan fingerprint density at radius 1 is 0.920 bits per heavy atom. The molecule has 5 rings (SSSR count). The molecule has 0 aliphatic carbocycles. The van der Waals surface area contributed by atoms with Crippen molar-refractivity contribution in [3.8, 4) is 28.6 Å². The van der Waals surface area contributed by atoms with E-state index in [0.29, 0.717) is 30.4 Å². The van der Waals surface area contributed by atoms with E-state index in [1.54, 1.807) is 0 Å². The van der Waals surface area contributed by atoms with Crippen molar-refractivity contribution >= 4 is 16.8 Å². The van der Waals surface area contributed by atoms with Crippen LogP contribution in [0.4, 0.5) is 5.82 Å². The Hall–Kier alpha value is -3.34. The predicted molar refractivity (Wildman–Crippen MR) is 96.3 cm³/mol. The highest BCUT2D eigenvalue weighted by molar-refractivity contribution is 5.92. The monoisotopic (exact) mass is 329 g/mol. The van der Waals surface area contributed by atoms with Gasteiger partial charge in [-0.15, -0.1) is 0 Å². The molecule has 122 valence electrons. The van der Waals surface area contributed by atoms with Gasteiger partial charge in [0.05, 0.1) is 12.0 Å². The molecule has 4 aromatic rings. The fourth-order valence-electron chi connectivity index (χ4n) is 3.23. The molecule has 0 atom stereocenters. The fourth-order valence-corrected chi connectivity index (χ4v) is 3.23. The van der Waals surface area contributed by atoms with E-state index in [9.17, 15) is 0 Å². The van der Waals surface area contributed by atoms with E-state index >= 15 is 0 Å². The Bertz CT molecular complexity index is 1090. The van der Waals surface area contributed by atoms with Crippen LogP contribution in [0.3, 0.4) is 0 Å². The van der Waals surface area contributed by atoms with Crippen LogP contribution in [-0.2, 0) is 6.42 Å². The lowest BCUT2D eigenvalue weighted by Crippen LogP contribution is -2.06. The summed E-state index contributed by atoms with van der Waals surface area (Å²) in [5, 5.41) is 0.948. The summed E-state index contributed by atoms with van der Waals surface area (Å²) in [6.07, 6.45) is 0.648. The maximum atomic E-state index is 6.25. The van der Waals surface area contributed by atoms with Crippen LogP contribution >= 0.6 is 0 Å². The molecule has 2 aromatic heterocycles. The maximum absolute atomic E-state index is 6.25. The molecular formula is C20H15N3O2. The molecule has 3 heterocycles. The zero-order chi connectivity index (χ0) is 16.8. The highest BCUT2D eigenvalue weighted by Crippen LogP contribution is 2.43. The summed E-state index contributed by atoms with van der Waals surface area (Å²) in [6.45, 7) is 0.516. The molecule has 1 aliphatic heterocycles. The van der Waals surface area contributed by atoms with E-state index in [0.717, 1.165) is 33.5 Å². The molecule has 0 saturated heterocycles. The van der Waals surface area contributed by atoms with Crippen LogP contribution in [0.1, 0.15) is 5.56 Å². The Morgan fingerprint density at radius 2 is 1.72 bits per heavy atom. The molecule has 0 fully saturated rings. The molecule has 5 nitrogen and oxygen atoms in total. The molecule has 1 aliphatic rings. The van der Waals surface area contributed by atoms with Gasteiger partial charge in [0.1, 0.15) is 17.1 Å². The van der Waals surface area contributed by atoms with Crippen LogP contribution in [0, 0.1) is 0 Å². The lowest BCUT2D eigenvalue weighted by atomic mass is 10.1. The smallest absolute Gasteiger partial charge is 0.196 e. The van der Waals surface area contributed by atoms with E-state index in [4.69, 9.17) is 19.9 Å². The zero-order valence-electron chi connectivity index (χ0n) is 13.4. The highest BCUT2D eigenvalue weighted by atomic mass is 16.5. The third-order valence-corrected chi connectivity index (χ3v) is 4.43. The largest absolute Gasteiger partial charge is 0.488 e. The van der Waals surface area contributed by atoms with Gasteiger partial charge in [0.15, 0.2) is 17.3 Å². The molecule has 5 heteroatoms. The number of hydrogen-bond acceptors (Lipinski definition) is 5. The van der Waals surface area contributed by atoms with Gasteiger partial charge in [0.25, 0.3) is 0 Å². The van der Waals surface area contributed by atoms with Gasteiger partial charge in [-0.05, 0) is 12.1 Å². The molecule has 0 saturated carbocycles. The number of hydrogen-bond donors (Lipinski definition) is 1. The number of para-hydroxylation sites is 1. The molecular weight excluding hydrogens is 314 g/mol. The van der Waals surface area contributed by atoms with E-state index in [-0.39, 0.29) is 0 Å². The van der Waals surface area contributed by atoms with Crippen molar-refractivity contribution in [2.75, 3.05) is 12.3 Å². The maximum Gasteiger partial charge on any atom is 0.196 e. The topological polar surface area (TPSA) is 74.2 Å². The van der Waals surface area contributed by atoms with E-state index in [1.807, 2.05) is 54.6 Å². The first kappa shape index (κ1) is 14.0. The van der Waals surface area contributed by atoms with Crippen molar-refractivity contribution in [1.29, 1.82) is 0 Å². The van der Waals surface area contributed by atoms with Crippen LogP contribution in [-0.4, -0.2) is 16.6 Å². The van der Waals surface area contributed by atoms with Gasteiger partial charge in [0, 0.05) is 17.5 Å². The Morgan fingerprint density at radius 3 is 2.60 bits per heavy atom. The summed E-state index contributed by atoms with van der Waals surface area (Å²) < 4.78 is 12.0. The highest BCUT2D eigenvalue weighted by Gasteiger charge is 2.26. The van der Waals surface area contributed by atoms with Gasteiger partial charge >= 0.3 is 0 Å². The van der Waals surface area contributed by atoms with Gasteiger partial charge in [0.2, 0.25) is 0 Å². The number of benzene rings is 2. The second-order valence-corrected chi connectivity index (χ2v) is 5.98. The minimum absolute atomic E-state index is 0.473. The van der Waals surface area contributed by atoms with Crippen LogP contribution in [0.5, 0.6) is 5.75 Å². The van der Waals surface area contributed by atoms with Gasteiger partial charge in [-0.2, -0.15) is 0 Å². The number of aromatic nitrogens is 2. The summed E-state index contributed by atoms with van der Waals surface area (Å²) in [7, 11) is 0. The second-order valence-electron chi connectivity index (χ2n) is 5.98. The van der Waals surface area contributed by atoms with Gasteiger partial charge in [-0.25, -0.2) is 9.97 Å². The molecule has 0 radical (unpaired) electrons. The van der Waals surface area contributed by atoms with Crippen LogP contribution in [0.25, 0.3) is 33.8 Å². The SMILES string of the molecule is Nc1nc(-c2ccccc2)nc2c1CCOc1c-2oc2ccccc12. The number of nitrogens with two attached hydrogens (primary N) is 1. The molecule has 2 aromatic carbocycles. The number of fused-ring (bicyclic) bond motifs is 5. The second kappa shape index (κ2) is 5.34. The van der Waals surface area contributed by atoms with Crippen LogP contribution in [0.15, 0.2) is 59.0 Å². The summed E-state index contributed by atoms with van der Waals surface area (Å²) in [5.74, 6) is 2.41. The number of furan rings is 1. The molecule has 0 bridgehead atoms. The van der Waals surface area contributed by atoms with Gasteiger partial charge in [-0.3, -0.25) is 0 Å². The predicted octanol–water partition coefficient (Wildman–Crippen LogP) is 4.07. The molecule has 0 spiro atoms. The third kappa shape index (κ3) is 2.16. The third-order valence-electron chi connectivity index (χ3n) is 4.43. The van der Waals surface area contributed by atoms with Crippen molar-refractivity contribution in [3.63, 3.8) is 0 Å².